The van der Waals surface area contributed by atoms with Gasteiger partial charge in [0, 0.05) is 20.1 Å². The van der Waals surface area contributed by atoms with Crippen LogP contribution in [-0.2, 0) is 4.79 Å². The van der Waals surface area contributed by atoms with Gasteiger partial charge in [-0.05, 0) is 49.2 Å². The molecule has 0 saturated heterocycles. The minimum atomic E-state index is -0.607. The summed E-state index contributed by atoms with van der Waals surface area (Å²) < 4.78 is 0. The molecule has 0 radical (unpaired) electrons. The van der Waals surface area contributed by atoms with Crippen molar-refractivity contribution in [2.75, 3.05) is 26.7 Å². The summed E-state index contributed by atoms with van der Waals surface area (Å²) >= 11 is 0. The molecule has 1 heterocycles. The third-order valence-corrected chi connectivity index (χ3v) is 6.12. The Bertz CT molecular complexity index is 696. The van der Waals surface area contributed by atoms with E-state index < -0.39 is 5.54 Å². The van der Waals surface area contributed by atoms with Gasteiger partial charge in [-0.2, -0.15) is 5.26 Å². The summed E-state index contributed by atoms with van der Waals surface area (Å²) in [6.07, 6.45) is 6.84. The number of carbonyl (C=O) groups excluding carboxylic acids is 1. The van der Waals surface area contributed by atoms with E-state index in [0.29, 0.717) is 12.5 Å². The minimum Gasteiger partial charge on any atom is -0.326 e. The number of benzene rings is 1. The molecule has 1 fully saturated rings. The van der Waals surface area contributed by atoms with E-state index in [1.54, 1.807) is 4.90 Å². The first-order valence-corrected chi connectivity index (χ1v) is 9.69. The van der Waals surface area contributed by atoms with E-state index in [4.69, 9.17) is 0 Å². The van der Waals surface area contributed by atoms with Crippen molar-refractivity contribution >= 4 is 11.5 Å². The molecule has 0 spiro atoms. The number of rotatable bonds is 4. The van der Waals surface area contributed by atoms with E-state index in [-0.39, 0.29) is 5.91 Å². The van der Waals surface area contributed by atoms with E-state index in [1.165, 1.54) is 11.1 Å². The van der Waals surface area contributed by atoms with Crippen molar-refractivity contribution in [1.29, 1.82) is 5.26 Å². The van der Waals surface area contributed by atoms with E-state index in [0.717, 1.165) is 45.2 Å². The van der Waals surface area contributed by atoms with Gasteiger partial charge in [0.25, 0.3) is 0 Å². The van der Waals surface area contributed by atoms with Crippen molar-refractivity contribution in [1.82, 2.24) is 9.80 Å². The molecular weight excluding hydrogens is 322 g/mol. The van der Waals surface area contributed by atoms with Crippen LogP contribution in [-0.4, -0.2) is 47.9 Å². The Labute approximate surface area is 157 Å². The van der Waals surface area contributed by atoms with Crippen LogP contribution in [0, 0.1) is 17.2 Å². The zero-order valence-corrected chi connectivity index (χ0v) is 15.9. The van der Waals surface area contributed by atoms with Crippen LogP contribution in [0.25, 0.3) is 5.57 Å². The highest BCUT2D eigenvalue weighted by Gasteiger charge is 2.40. The molecular formula is C22H29N3O. The molecule has 1 aliphatic heterocycles. The highest BCUT2D eigenvalue weighted by atomic mass is 16.2. The summed E-state index contributed by atoms with van der Waals surface area (Å²) in [4.78, 5) is 16.7. The molecule has 1 aromatic carbocycles. The van der Waals surface area contributed by atoms with Gasteiger partial charge in [0.2, 0.25) is 5.91 Å². The van der Waals surface area contributed by atoms with Crippen LogP contribution in [0.3, 0.4) is 0 Å². The highest BCUT2D eigenvalue weighted by molar-refractivity contribution is 5.79. The van der Waals surface area contributed by atoms with Crippen LogP contribution in [0.1, 0.15) is 44.6 Å². The lowest BCUT2D eigenvalue weighted by molar-refractivity contribution is -0.136. The normalized spacial score (nSPS) is 26.7. The van der Waals surface area contributed by atoms with Crippen LogP contribution in [0.5, 0.6) is 0 Å². The van der Waals surface area contributed by atoms with Gasteiger partial charge in [0.05, 0.1) is 12.6 Å². The molecule has 4 heteroatoms. The largest absolute Gasteiger partial charge is 0.326 e. The third kappa shape index (κ3) is 3.99. The highest BCUT2D eigenvalue weighted by Crippen LogP contribution is 2.35. The predicted octanol–water partition coefficient (Wildman–Crippen LogP) is 3.71. The fraction of sp³-hybridized carbons (Fsp3) is 0.545. The minimum absolute atomic E-state index is 0.0673. The number of nitrogens with zero attached hydrogens (tertiary/aromatic N) is 3. The van der Waals surface area contributed by atoms with E-state index in [2.05, 4.69) is 48.2 Å². The Hall–Kier alpha value is -2.12. The third-order valence-electron chi connectivity index (χ3n) is 6.12. The number of nitriles is 1. The second kappa shape index (κ2) is 8.05. The van der Waals surface area contributed by atoms with E-state index in [9.17, 15) is 10.1 Å². The molecule has 1 aromatic rings. The van der Waals surface area contributed by atoms with Gasteiger partial charge in [0.15, 0.2) is 0 Å². The maximum Gasteiger partial charge on any atom is 0.237 e. The van der Waals surface area contributed by atoms with Crippen LogP contribution in [0.4, 0.5) is 0 Å². The number of amides is 1. The summed E-state index contributed by atoms with van der Waals surface area (Å²) in [5.74, 6) is 0.723. The van der Waals surface area contributed by atoms with Crippen LogP contribution < -0.4 is 0 Å². The van der Waals surface area contributed by atoms with Crippen LogP contribution >= 0.6 is 0 Å². The zero-order valence-electron chi connectivity index (χ0n) is 15.9. The quantitative estimate of drug-likeness (QED) is 0.831. The SMILES string of the molecule is CC1CCC(C#N)(N(C)C(=O)CN2CC=C(c3ccccc3)CC2)CC1. The van der Waals surface area contributed by atoms with Gasteiger partial charge in [-0.3, -0.25) is 9.69 Å². The van der Waals surface area contributed by atoms with Crippen molar-refractivity contribution in [2.24, 2.45) is 5.92 Å². The number of likely N-dealkylation sites (N-methyl/N-ethyl adjacent to an activating group) is 1. The second-order valence-electron chi connectivity index (χ2n) is 7.86. The monoisotopic (exact) mass is 351 g/mol. The van der Waals surface area contributed by atoms with Crippen LogP contribution in [0.15, 0.2) is 36.4 Å². The lowest BCUT2D eigenvalue weighted by Crippen LogP contribution is -2.53. The zero-order chi connectivity index (χ0) is 18.6. The first kappa shape index (κ1) is 18.7. The summed E-state index contributed by atoms with van der Waals surface area (Å²) in [5.41, 5.74) is 2.03. The lowest BCUT2D eigenvalue weighted by atomic mass is 9.77. The maximum atomic E-state index is 12.8. The van der Waals surface area contributed by atoms with Gasteiger partial charge < -0.3 is 4.90 Å². The molecule has 1 aliphatic carbocycles. The molecule has 0 aromatic heterocycles. The van der Waals surface area contributed by atoms with Gasteiger partial charge in [0.1, 0.15) is 5.54 Å². The van der Waals surface area contributed by atoms with Crippen molar-refractivity contribution in [3.05, 3.63) is 42.0 Å². The molecule has 1 saturated carbocycles. The van der Waals surface area contributed by atoms with Crippen molar-refractivity contribution in [2.45, 2.75) is 44.6 Å². The molecule has 138 valence electrons. The number of hydrogen-bond acceptors (Lipinski definition) is 3. The molecule has 4 nitrogen and oxygen atoms in total. The van der Waals surface area contributed by atoms with Gasteiger partial charge in [-0.25, -0.2) is 0 Å². The molecule has 3 rings (SSSR count). The van der Waals surface area contributed by atoms with E-state index in [1.807, 2.05) is 13.1 Å². The van der Waals surface area contributed by atoms with Crippen molar-refractivity contribution in [3.63, 3.8) is 0 Å². The molecule has 0 atom stereocenters. The number of carbonyl (C=O) groups is 1. The second-order valence-corrected chi connectivity index (χ2v) is 7.86. The Morgan fingerprint density at radius 2 is 2.00 bits per heavy atom. The van der Waals surface area contributed by atoms with Gasteiger partial charge in [-0.15, -0.1) is 0 Å². The van der Waals surface area contributed by atoms with Crippen molar-refractivity contribution in [3.8, 4) is 6.07 Å². The van der Waals surface area contributed by atoms with Gasteiger partial charge in [-0.1, -0.05) is 43.3 Å². The molecule has 0 unspecified atom stereocenters. The Morgan fingerprint density at radius 1 is 1.31 bits per heavy atom. The maximum absolute atomic E-state index is 12.8. The first-order chi connectivity index (χ1) is 12.5. The molecule has 1 amide bonds. The first-order valence-electron chi connectivity index (χ1n) is 9.69. The Kier molecular flexibility index (Phi) is 5.78. The Balaban J connectivity index is 1.59. The molecule has 0 bridgehead atoms. The smallest absolute Gasteiger partial charge is 0.237 e. The number of hydrogen-bond donors (Lipinski definition) is 0. The van der Waals surface area contributed by atoms with Gasteiger partial charge >= 0.3 is 0 Å². The topological polar surface area (TPSA) is 47.3 Å². The van der Waals surface area contributed by atoms with E-state index >= 15 is 0 Å². The molecule has 26 heavy (non-hydrogen) atoms. The van der Waals surface area contributed by atoms with Crippen molar-refractivity contribution < 1.29 is 4.79 Å². The van der Waals surface area contributed by atoms with Crippen LogP contribution in [0.2, 0.25) is 0 Å². The fourth-order valence-electron chi connectivity index (χ4n) is 4.07. The summed E-state index contributed by atoms with van der Waals surface area (Å²) in [6.45, 7) is 4.30. The lowest BCUT2D eigenvalue weighted by Gasteiger charge is -2.41. The average molecular weight is 351 g/mol. The summed E-state index contributed by atoms with van der Waals surface area (Å²) in [7, 11) is 1.82. The average Bonchev–Trinajstić information content (AvgIpc) is 2.69. The predicted molar refractivity (Wildman–Crippen MR) is 104 cm³/mol. The molecule has 2 aliphatic rings. The summed E-state index contributed by atoms with van der Waals surface area (Å²) in [6, 6.07) is 12.9. The standard InChI is InChI=1S/C22H29N3O/c1-18-8-12-22(17-23,13-9-18)24(2)21(26)16-25-14-10-20(11-15-25)19-6-4-3-5-7-19/h3-7,10,18H,8-9,11-16H2,1-2H3. The molecule has 0 N–H and O–H groups in total. The Morgan fingerprint density at radius 3 is 2.58 bits per heavy atom. The fourth-order valence-corrected chi connectivity index (χ4v) is 4.07. The summed E-state index contributed by atoms with van der Waals surface area (Å²) in [5, 5.41) is 9.75.